The molecule has 0 amide bonds. The first-order valence-electron chi connectivity index (χ1n) is 6.15. The van der Waals surface area contributed by atoms with Crippen LogP contribution in [0.2, 0.25) is 0 Å². The molecule has 1 heterocycles. The first-order valence-corrected chi connectivity index (χ1v) is 6.15. The average Bonchev–Trinajstić information content (AvgIpc) is 2.48. The number of fused-ring (bicyclic) bond motifs is 3. The molecule has 0 unspecified atom stereocenters. The van der Waals surface area contributed by atoms with Crippen molar-refractivity contribution < 1.29 is 14.6 Å². The van der Waals surface area contributed by atoms with E-state index in [0.29, 0.717) is 11.0 Å². The summed E-state index contributed by atoms with van der Waals surface area (Å²) in [6.07, 6.45) is -0.264. The number of aliphatic hydroxyl groups excluding tert-OH is 1. The van der Waals surface area contributed by atoms with Gasteiger partial charge in [-0.15, -0.1) is 0 Å². The van der Waals surface area contributed by atoms with Crippen LogP contribution in [0, 0.1) is 0 Å². The number of aliphatic hydroxyl groups is 1. The topological polar surface area (TPSA) is 70.7 Å². The van der Waals surface area contributed by atoms with Gasteiger partial charge >= 0.3 is 5.63 Å². The Morgan fingerprint density at radius 2 is 1.65 bits per heavy atom. The third-order valence-corrected chi connectivity index (χ3v) is 3.17. The molecule has 2 aliphatic rings. The first-order chi connectivity index (χ1) is 9.65. The molecule has 0 atom stereocenters. The fourth-order valence-corrected chi connectivity index (χ4v) is 2.09. The predicted octanol–water partition coefficient (Wildman–Crippen LogP) is 2.58. The number of aromatic hydroxyl groups is 1. The van der Waals surface area contributed by atoms with Gasteiger partial charge in [-0.25, -0.2) is 4.79 Å². The summed E-state index contributed by atoms with van der Waals surface area (Å²) in [5, 5.41) is 18.9. The molecular weight excluding hydrogens is 256 g/mol. The molecule has 0 spiro atoms. The fraction of sp³-hybridized carbons (Fsp3) is 0.0625. The number of benzene rings is 2. The highest BCUT2D eigenvalue weighted by Crippen LogP contribution is 2.31. The van der Waals surface area contributed by atoms with Crippen LogP contribution < -0.4 is 5.63 Å². The second-order valence-electron chi connectivity index (χ2n) is 4.52. The second kappa shape index (κ2) is 4.83. The molecule has 20 heavy (non-hydrogen) atoms. The van der Waals surface area contributed by atoms with Crippen LogP contribution in [0.4, 0.5) is 0 Å². The summed E-state index contributed by atoms with van der Waals surface area (Å²) in [4.78, 5) is 10.8. The normalized spacial score (nSPS) is 12.4. The molecule has 0 fully saturated rings. The third-order valence-electron chi connectivity index (χ3n) is 3.17. The van der Waals surface area contributed by atoms with E-state index in [4.69, 9.17) is 9.52 Å². The highest BCUT2D eigenvalue weighted by Gasteiger charge is 2.18. The zero-order valence-electron chi connectivity index (χ0n) is 10.5. The minimum atomic E-state index is -0.536. The van der Waals surface area contributed by atoms with Crippen LogP contribution in [0.15, 0.2) is 63.8 Å². The van der Waals surface area contributed by atoms with Gasteiger partial charge in [0.25, 0.3) is 0 Å². The van der Waals surface area contributed by atoms with Crippen molar-refractivity contribution >= 4 is 11.0 Å². The molecular formula is C16H12O4. The lowest BCUT2D eigenvalue weighted by molar-refractivity contribution is 0.206. The van der Waals surface area contributed by atoms with E-state index < -0.39 is 5.63 Å². The lowest BCUT2D eigenvalue weighted by Gasteiger charge is -2.20. The molecule has 3 aromatic rings. The first kappa shape index (κ1) is 12.4. The van der Waals surface area contributed by atoms with Crippen molar-refractivity contribution in [1.82, 2.24) is 0 Å². The van der Waals surface area contributed by atoms with Gasteiger partial charge in [-0.1, -0.05) is 30.3 Å². The van der Waals surface area contributed by atoms with Gasteiger partial charge < -0.3 is 14.6 Å². The molecule has 0 saturated heterocycles. The SMILES string of the molecule is O=c1cc(O)c2ccccc2o1.OC1c2cccc1c2. The highest BCUT2D eigenvalue weighted by atomic mass is 16.4. The standard InChI is InChI=1S/C9H6O3.C7H6O/c10-7-5-9(11)12-8-4-2-1-3-6(7)8;8-7-5-2-1-3-6(7)4-5/h1-5,10H;1-4,7-8H. The van der Waals surface area contributed by atoms with Crippen molar-refractivity contribution in [2.24, 2.45) is 0 Å². The zero-order chi connectivity index (χ0) is 14.1. The maximum absolute atomic E-state index is 10.8. The van der Waals surface area contributed by atoms with Crippen LogP contribution in [0.5, 0.6) is 5.75 Å². The summed E-state index contributed by atoms with van der Waals surface area (Å²) in [7, 11) is 0. The Morgan fingerprint density at radius 1 is 0.950 bits per heavy atom. The molecule has 1 aromatic heterocycles. The van der Waals surface area contributed by atoms with Crippen molar-refractivity contribution in [2.45, 2.75) is 6.10 Å². The molecule has 0 aliphatic heterocycles. The fourth-order valence-electron chi connectivity index (χ4n) is 2.09. The Morgan fingerprint density at radius 3 is 2.25 bits per heavy atom. The van der Waals surface area contributed by atoms with Crippen LogP contribution in [0.25, 0.3) is 11.0 Å². The van der Waals surface area contributed by atoms with Gasteiger partial charge in [-0.05, 0) is 29.3 Å². The van der Waals surface area contributed by atoms with Crippen LogP contribution >= 0.6 is 0 Å². The van der Waals surface area contributed by atoms with E-state index in [9.17, 15) is 9.90 Å². The highest BCUT2D eigenvalue weighted by molar-refractivity contribution is 5.82. The molecule has 2 N–H and O–H groups in total. The molecule has 4 heteroatoms. The molecule has 2 bridgehead atoms. The average molecular weight is 268 g/mol. The molecule has 4 nitrogen and oxygen atoms in total. The van der Waals surface area contributed by atoms with Crippen LogP contribution in [-0.4, -0.2) is 10.2 Å². The Kier molecular flexibility index (Phi) is 3.00. The quantitative estimate of drug-likeness (QED) is 0.615. The number of rotatable bonds is 0. The number of para-hydroxylation sites is 1. The number of hydrogen-bond acceptors (Lipinski definition) is 4. The molecule has 0 saturated carbocycles. The van der Waals surface area contributed by atoms with Gasteiger partial charge in [-0.2, -0.15) is 0 Å². The van der Waals surface area contributed by atoms with Gasteiger partial charge in [-0.3, -0.25) is 0 Å². The maximum Gasteiger partial charge on any atom is 0.339 e. The smallest absolute Gasteiger partial charge is 0.339 e. The molecule has 2 aromatic carbocycles. The minimum Gasteiger partial charge on any atom is -0.507 e. The summed E-state index contributed by atoms with van der Waals surface area (Å²) in [6.45, 7) is 0. The van der Waals surface area contributed by atoms with Crippen LogP contribution in [0.3, 0.4) is 0 Å². The van der Waals surface area contributed by atoms with E-state index in [2.05, 4.69) is 0 Å². The summed E-state index contributed by atoms with van der Waals surface area (Å²) in [6, 6.07) is 15.7. The van der Waals surface area contributed by atoms with E-state index in [1.807, 2.05) is 24.3 Å². The van der Waals surface area contributed by atoms with E-state index in [1.54, 1.807) is 24.3 Å². The largest absolute Gasteiger partial charge is 0.507 e. The third kappa shape index (κ3) is 2.17. The molecule has 0 radical (unpaired) electrons. The van der Waals surface area contributed by atoms with Gasteiger partial charge in [0.05, 0.1) is 11.5 Å². The Balaban J connectivity index is 0.000000131. The number of hydrogen-bond donors (Lipinski definition) is 2. The minimum absolute atomic E-state index is 0.0400. The van der Waals surface area contributed by atoms with Crippen LogP contribution in [-0.2, 0) is 0 Å². The molecule has 5 rings (SSSR count). The monoisotopic (exact) mass is 268 g/mol. The van der Waals surface area contributed by atoms with Gasteiger partial charge in [0.2, 0.25) is 0 Å². The van der Waals surface area contributed by atoms with Crippen molar-refractivity contribution in [3.8, 4) is 5.75 Å². The van der Waals surface area contributed by atoms with Gasteiger partial charge in [0.15, 0.2) is 0 Å². The summed E-state index contributed by atoms with van der Waals surface area (Å²) in [5.41, 5.74) is 1.96. The van der Waals surface area contributed by atoms with Gasteiger partial charge in [0.1, 0.15) is 17.4 Å². The zero-order valence-corrected chi connectivity index (χ0v) is 10.5. The predicted molar refractivity (Wildman–Crippen MR) is 74.7 cm³/mol. The van der Waals surface area contributed by atoms with Crippen molar-refractivity contribution in [1.29, 1.82) is 0 Å². The van der Waals surface area contributed by atoms with E-state index in [1.165, 1.54) is 0 Å². The van der Waals surface area contributed by atoms with E-state index in [-0.39, 0.29) is 11.9 Å². The lowest BCUT2D eigenvalue weighted by atomic mass is 9.90. The van der Waals surface area contributed by atoms with E-state index >= 15 is 0 Å². The Bertz CT molecular complexity index is 793. The lowest BCUT2D eigenvalue weighted by Crippen LogP contribution is -2.08. The summed E-state index contributed by atoms with van der Waals surface area (Å²) >= 11 is 0. The Labute approximate surface area is 114 Å². The van der Waals surface area contributed by atoms with Crippen molar-refractivity contribution in [2.75, 3.05) is 0 Å². The van der Waals surface area contributed by atoms with Gasteiger partial charge in [0, 0.05) is 0 Å². The summed E-state index contributed by atoms with van der Waals surface area (Å²) in [5.74, 6) is -0.0400. The van der Waals surface area contributed by atoms with Crippen molar-refractivity contribution in [3.63, 3.8) is 0 Å². The second-order valence-corrected chi connectivity index (χ2v) is 4.52. The van der Waals surface area contributed by atoms with Crippen LogP contribution in [0.1, 0.15) is 17.2 Å². The summed E-state index contributed by atoms with van der Waals surface area (Å²) < 4.78 is 4.83. The van der Waals surface area contributed by atoms with Crippen molar-refractivity contribution in [3.05, 3.63) is 76.1 Å². The Hall–Kier alpha value is -2.59. The maximum atomic E-state index is 10.8. The van der Waals surface area contributed by atoms with E-state index in [0.717, 1.165) is 17.2 Å². The molecule has 2 aliphatic carbocycles. The molecule has 100 valence electrons.